The Morgan fingerprint density at radius 3 is 2.76 bits per heavy atom. The minimum Gasteiger partial charge on any atom is -0.457 e. The zero-order chi connectivity index (χ0) is 20.8. The first-order chi connectivity index (χ1) is 13.7. The molecule has 0 aliphatic carbocycles. The molecule has 0 radical (unpaired) electrons. The quantitative estimate of drug-likeness (QED) is 0.673. The van der Waals surface area contributed by atoms with Crippen molar-refractivity contribution in [1.29, 1.82) is 0 Å². The van der Waals surface area contributed by atoms with E-state index >= 15 is 0 Å². The monoisotopic (exact) mass is 402 g/mol. The molecule has 0 aromatic heterocycles. The summed E-state index contributed by atoms with van der Waals surface area (Å²) in [6.07, 6.45) is 0.591. The minimum atomic E-state index is -0.484. The maximum Gasteiger partial charge on any atom is 0.410 e. The Balaban J connectivity index is 1.46. The molecule has 2 fully saturated rings. The Kier molecular flexibility index (Phi) is 5.29. The molecule has 3 aliphatic heterocycles. The highest BCUT2D eigenvalue weighted by Gasteiger charge is 2.36. The van der Waals surface area contributed by atoms with Gasteiger partial charge in [0.05, 0.1) is 11.7 Å². The molecule has 1 amide bonds. The van der Waals surface area contributed by atoms with Crippen LogP contribution in [0.1, 0.15) is 60.3 Å². The summed E-state index contributed by atoms with van der Waals surface area (Å²) in [5.74, 6) is -0.241. The van der Waals surface area contributed by atoms with Crippen molar-refractivity contribution in [2.75, 3.05) is 32.8 Å². The van der Waals surface area contributed by atoms with Crippen LogP contribution in [0.25, 0.3) is 0 Å². The van der Waals surface area contributed by atoms with Crippen LogP contribution >= 0.6 is 0 Å². The lowest BCUT2D eigenvalue weighted by atomic mass is 9.95. The van der Waals surface area contributed by atoms with Crippen LogP contribution in [-0.2, 0) is 20.8 Å². The standard InChI is InChI=1S/C22H30N2O5/c1-14-16(5-6-17-18(14)13-28-20(17)25)19-12-23-8-9-24(11-15(23)7-10-27-19)21(26)29-22(2,3)4/h5-6,15,19H,7-13H2,1-4H3. The average molecular weight is 402 g/mol. The van der Waals surface area contributed by atoms with E-state index in [9.17, 15) is 9.59 Å². The fraction of sp³-hybridized carbons (Fsp3) is 0.636. The average Bonchev–Trinajstić information content (AvgIpc) is 2.90. The first-order valence-corrected chi connectivity index (χ1v) is 10.4. The Bertz CT molecular complexity index is 816. The Morgan fingerprint density at radius 2 is 2.00 bits per heavy atom. The van der Waals surface area contributed by atoms with Crippen LogP contribution in [0.15, 0.2) is 12.1 Å². The topological polar surface area (TPSA) is 68.3 Å². The van der Waals surface area contributed by atoms with Gasteiger partial charge in [-0.3, -0.25) is 4.90 Å². The van der Waals surface area contributed by atoms with Crippen molar-refractivity contribution in [3.63, 3.8) is 0 Å². The number of nitrogens with zero attached hydrogens (tertiary/aromatic N) is 2. The van der Waals surface area contributed by atoms with Crippen molar-refractivity contribution < 1.29 is 23.8 Å². The van der Waals surface area contributed by atoms with Crippen LogP contribution in [0.4, 0.5) is 4.79 Å². The van der Waals surface area contributed by atoms with Crippen LogP contribution in [0.3, 0.4) is 0 Å². The molecule has 29 heavy (non-hydrogen) atoms. The Morgan fingerprint density at radius 1 is 1.21 bits per heavy atom. The van der Waals surface area contributed by atoms with Crippen molar-refractivity contribution >= 4 is 12.1 Å². The number of amides is 1. The van der Waals surface area contributed by atoms with E-state index in [2.05, 4.69) is 4.90 Å². The van der Waals surface area contributed by atoms with E-state index in [-0.39, 0.29) is 24.2 Å². The molecule has 3 heterocycles. The van der Waals surface area contributed by atoms with Gasteiger partial charge in [0.2, 0.25) is 0 Å². The summed E-state index contributed by atoms with van der Waals surface area (Å²) in [5.41, 5.74) is 3.37. The Hall–Kier alpha value is -2.12. The summed E-state index contributed by atoms with van der Waals surface area (Å²) in [5, 5.41) is 0. The van der Waals surface area contributed by atoms with Crippen LogP contribution in [0.5, 0.6) is 0 Å². The summed E-state index contributed by atoms with van der Waals surface area (Å²) in [6.45, 7) is 11.6. The van der Waals surface area contributed by atoms with Gasteiger partial charge in [-0.1, -0.05) is 6.07 Å². The Labute approximate surface area is 171 Å². The molecule has 2 atom stereocenters. The maximum atomic E-state index is 12.5. The van der Waals surface area contributed by atoms with Crippen molar-refractivity contribution in [3.05, 3.63) is 34.4 Å². The van der Waals surface area contributed by atoms with Crippen molar-refractivity contribution in [2.45, 2.75) is 58.5 Å². The number of benzene rings is 1. The third-order valence-electron chi connectivity index (χ3n) is 5.98. The van der Waals surface area contributed by atoms with Crippen molar-refractivity contribution in [3.8, 4) is 0 Å². The first-order valence-electron chi connectivity index (χ1n) is 10.4. The molecule has 2 unspecified atom stereocenters. The molecule has 3 aliphatic rings. The van der Waals surface area contributed by atoms with Gasteiger partial charge in [0, 0.05) is 44.4 Å². The number of hydrogen-bond donors (Lipinski definition) is 0. The molecule has 1 aromatic rings. The number of hydrogen-bond acceptors (Lipinski definition) is 6. The molecule has 1 aromatic carbocycles. The van der Waals surface area contributed by atoms with Crippen LogP contribution in [0.2, 0.25) is 0 Å². The molecule has 7 heteroatoms. The second-order valence-electron chi connectivity index (χ2n) is 9.11. The smallest absolute Gasteiger partial charge is 0.410 e. The van der Waals surface area contributed by atoms with E-state index in [1.54, 1.807) is 0 Å². The van der Waals surface area contributed by atoms with E-state index in [1.807, 2.05) is 44.7 Å². The molecular weight excluding hydrogens is 372 g/mol. The molecule has 0 spiro atoms. The summed E-state index contributed by atoms with van der Waals surface area (Å²) in [6, 6.07) is 4.13. The molecule has 2 saturated heterocycles. The second kappa shape index (κ2) is 7.61. The normalized spacial score (nSPS) is 25.1. The molecule has 0 N–H and O–H groups in total. The molecule has 0 saturated carbocycles. The third kappa shape index (κ3) is 4.12. The zero-order valence-corrected chi connectivity index (χ0v) is 17.7. The largest absolute Gasteiger partial charge is 0.457 e. The van der Waals surface area contributed by atoms with Crippen molar-refractivity contribution in [2.24, 2.45) is 0 Å². The molecular formula is C22H30N2O5. The predicted molar refractivity (Wildman–Crippen MR) is 107 cm³/mol. The molecule has 7 nitrogen and oxygen atoms in total. The summed E-state index contributed by atoms with van der Waals surface area (Å²) < 4.78 is 17.0. The number of carbonyl (C=O) groups is 2. The number of piperazine rings is 1. The third-order valence-corrected chi connectivity index (χ3v) is 5.98. The van der Waals surface area contributed by atoms with E-state index < -0.39 is 5.60 Å². The number of cyclic esters (lactones) is 1. The highest BCUT2D eigenvalue weighted by molar-refractivity contribution is 5.93. The van der Waals surface area contributed by atoms with Gasteiger partial charge in [-0.15, -0.1) is 0 Å². The fourth-order valence-corrected chi connectivity index (χ4v) is 4.42. The van der Waals surface area contributed by atoms with E-state index in [0.29, 0.717) is 31.9 Å². The zero-order valence-electron chi connectivity index (χ0n) is 17.7. The number of rotatable bonds is 1. The molecule has 0 bridgehead atoms. The van der Waals surface area contributed by atoms with Gasteiger partial charge in [-0.05, 0) is 51.3 Å². The highest BCUT2D eigenvalue weighted by atomic mass is 16.6. The van der Waals surface area contributed by atoms with Gasteiger partial charge < -0.3 is 19.1 Å². The molecule has 158 valence electrons. The summed E-state index contributed by atoms with van der Waals surface area (Å²) in [4.78, 5) is 28.5. The van der Waals surface area contributed by atoms with Crippen LogP contribution < -0.4 is 0 Å². The number of carbonyl (C=O) groups excluding carboxylic acids is 2. The van der Waals surface area contributed by atoms with Crippen LogP contribution in [0, 0.1) is 6.92 Å². The SMILES string of the molecule is Cc1c(C2CN3CCN(C(=O)OC(C)(C)C)CC3CCO2)ccc2c1COC2=O. The predicted octanol–water partition coefficient (Wildman–Crippen LogP) is 3.05. The fourth-order valence-electron chi connectivity index (χ4n) is 4.42. The van der Waals surface area contributed by atoms with Gasteiger partial charge in [0.1, 0.15) is 12.2 Å². The van der Waals surface area contributed by atoms with Gasteiger partial charge in [0.25, 0.3) is 0 Å². The lowest BCUT2D eigenvalue weighted by Crippen LogP contribution is -2.55. The lowest BCUT2D eigenvalue weighted by molar-refractivity contribution is 0.00192. The van der Waals surface area contributed by atoms with Gasteiger partial charge >= 0.3 is 12.1 Å². The van der Waals surface area contributed by atoms with E-state index in [1.165, 1.54) is 0 Å². The highest BCUT2D eigenvalue weighted by Crippen LogP contribution is 2.33. The van der Waals surface area contributed by atoms with Gasteiger partial charge in [0.15, 0.2) is 0 Å². The molecule has 4 rings (SSSR count). The number of fused-ring (bicyclic) bond motifs is 2. The van der Waals surface area contributed by atoms with Crippen LogP contribution in [-0.4, -0.2) is 66.3 Å². The second-order valence-corrected chi connectivity index (χ2v) is 9.11. The first kappa shape index (κ1) is 20.2. The van der Waals surface area contributed by atoms with Gasteiger partial charge in [-0.25, -0.2) is 9.59 Å². The van der Waals surface area contributed by atoms with E-state index in [4.69, 9.17) is 14.2 Å². The lowest BCUT2D eigenvalue weighted by Gasteiger charge is -2.41. The summed E-state index contributed by atoms with van der Waals surface area (Å²) in [7, 11) is 0. The minimum absolute atomic E-state index is 0.0471. The van der Waals surface area contributed by atoms with Crippen molar-refractivity contribution in [1.82, 2.24) is 9.80 Å². The maximum absolute atomic E-state index is 12.5. The summed E-state index contributed by atoms with van der Waals surface area (Å²) >= 11 is 0. The number of ether oxygens (including phenoxy) is 3. The van der Waals surface area contributed by atoms with Gasteiger partial charge in [-0.2, -0.15) is 0 Å². The number of esters is 1. The van der Waals surface area contributed by atoms with E-state index in [0.717, 1.165) is 36.2 Å².